The summed E-state index contributed by atoms with van der Waals surface area (Å²) in [6.45, 7) is -0.341. The third kappa shape index (κ3) is 4.87. The van der Waals surface area contributed by atoms with E-state index in [0.29, 0.717) is 15.8 Å². The Morgan fingerprint density at radius 2 is 1.83 bits per heavy atom. The van der Waals surface area contributed by atoms with E-state index < -0.39 is 18.5 Å². The quantitative estimate of drug-likeness (QED) is 0.808. The van der Waals surface area contributed by atoms with E-state index in [9.17, 15) is 9.59 Å². The Bertz CT molecular complexity index is 734. The van der Waals surface area contributed by atoms with Gasteiger partial charge in [-0.2, -0.15) is 0 Å². The zero-order valence-corrected chi connectivity index (χ0v) is 13.4. The topological polar surface area (TPSA) is 78.6 Å². The lowest BCUT2D eigenvalue weighted by molar-refractivity contribution is -0.121. The van der Waals surface area contributed by atoms with Crippen LogP contribution in [0.5, 0.6) is 5.75 Å². The molecule has 0 aromatic heterocycles. The summed E-state index contributed by atoms with van der Waals surface area (Å²) in [6.07, 6.45) is 0. The van der Waals surface area contributed by atoms with Gasteiger partial charge in [0.25, 0.3) is 5.91 Å². The van der Waals surface area contributed by atoms with E-state index in [1.807, 2.05) is 0 Å². The normalized spacial score (nSPS) is 10.2. The van der Waals surface area contributed by atoms with Crippen molar-refractivity contribution in [1.82, 2.24) is 0 Å². The Kier molecular flexibility index (Phi) is 5.84. The number of para-hydroxylation sites is 1. The minimum atomic E-state index is -0.732. The number of hydrogen-bond donors (Lipinski definition) is 1. The number of carbonyl (C=O) groups excluding carboxylic acids is 2. The zero-order valence-electron chi connectivity index (χ0n) is 11.9. The molecule has 0 unspecified atom stereocenters. The van der Waals surface area contributed by atoms with Crippen molar-refractivity contribution in [1.29, 1.82) is 0 Å². The van der Waals surface area contributed by atoms with Crippen molar-refractivity contribution in [3.8, 4) is 5.75 Å². The van der Waals surface area contributed by atoms with Crippen molar-refractivity contribution in [3.05, 3.63) is 63.6 Å². The summed E-state index contributed by atoms with van der Waals surface area (Å²) in [6, 6.07) is 11.5. The highest BCUT2D eigenvalue weighted by Crippen LogP contribution is 2.24. The van der Waals surface area contributed by atoms with Gasteiger partial charge in [-0.15, -0.1) is 0 Å². The Morgan fingerprint density at radius 3 is 2.52 bits per heavy atom. The van der Waals surface area contributed by atoms with Crippen LogP contribution in [-0.4, -0.2) is 18.5 Å². The Labute approximate surface area is 142 Å². The van der Waals surface area contributed by atoms with Crippen LogP contribution < -0.4 is 10.5 Å². The Hall–Kier alpha value is -2.24. The first-order valence-corrected chi connectivity index (χ1v) is 7.34. The van der Waals surface area contributed by atoms with Gasteiger partial charge in [0.2, 0.25) is 0 Å². The van der Waals surface area contributed by atoms with Crippen LogP contribution in [0, 0.1) is 0 Å². The van der Waals surface area contributed by atoms with Gasteiger partial charge in [0.15, 0.2) is 6.61 Å². The number of esters is 1. The second-order valence-electron chi connectivity index (χ2n) is 4.56. The van der Waals surface area contributed by atoms with Crippen molar-refractivity contribution in [2.24, 2.45) is 5.73 Å². The molecule has 0 aliphatic rings. The molecule has 120 valence electrons. The molecule has 0 aliphatic heterocycles. The molecule has 0 fully saturated rings. The lowest BCUT2D eigenvalue weighted by Crippen LogP contribution is -2.21. The monoisotopic (exact) mass is 353 g/mol. The van der Waals surface area contributed by atoms with Crippen LogP contribution in [0.1, 0.15) is 15.9 Å². The molecule has 2 aromatic carbocycles. The van der Waals surface area contributed by atoms with Crippen molar-refractivity contribution < 1.29 is 19.1 Å². The molecule has 0 aliphatic carbocycles. The van der Waals surface area contributed by atoms with E-state index in [1.165, 1.54) is 6.07 Å². The number of carbonyl (C=O) groups is 2. The van der Waals surface area contributed by atoms with Crippen LogP contribution >= 0.6 is 23.2 Å². The summed E-state index contributed by atoms with van der Waals surface area (Å²) in [5, 5.41) is 0.987. The molecule has 0 heterocycles. The van der Waals surface area contributed by atoms with Crippen molar-refractivity contribution >= 4 is 35.1 Å². The van der Waals surface area contributed by atoms with E-state index in [-0.39, 0.29) is 12.2 Å². The predicted octanol–water partition coefficient (Wildman–Crippen LogP) is 3.21. The molecule has 0 atom stereocenters. The number of hydrogen-bond acceptors (Lipinski definition) is 4. The molecule has 0 radical (unpaired) electrons. The molecular weight excluding hydrogens is 341 g/mol. The van der Waals surface area contributed by atoms with Crippen LogP contribution in [0.4, 0.5) is 0 Å². The predicted molar refractivity (Wildman–Crippen MR) is 86.7 cm³/mol. The molecular formula is C16H13Cl2NO4. The minimum absolute atomic E-state index is 0.149. The third-order valence-corrected chi connectivity index (χ3v) is 3.44. The van der Waals surface area contributed by atoms with Crippen molar-refractivity contribution in [2.75, 3.05) is 6.61 Å². The van der Waals surface area contributed by atoms with E-state index in [2.05, 4.69) is 0 Å². The van der Waals surface area contributed by atoms with Crippen LogP contribution in [0.3, 0.4) is 0 Å². The molecule has 0 saturated heterocycles. The second kappa shape index (κ2) is 7.85. The SMILES string of the molecule is NC(=O)COC(=O)c1ccccc1OCc1ccc(Cl)cc1Cl. The number of benzene rings is 2. The maximum absolute atomic E-state index is 11.9. The zero-order chi connectivity index (χ0) is 16.8. The van der Waals surface area contributed by atoms with Crippen molar-refractivity contribution in [2.45, 2.75) is 6.61 Å². The lowest BCUT2D eigenvalue weighted by atomic mass is 10.2. The Balaban J connectivity index is 2.11. The molecule has 2 N–H and O–H groups in total. The van der Waals surface area contributed by atoms with Gasteiger partial charge in [0.1, 0.15) is 17.9 Å². The number of primary amides is 1. The molecule has 0 bridgehead atoms. The number of halogens is 2. The Morgan fingerprint density at radius 1 is 1.09 bits per heavy atom. The first-order valence-electron chi connectivity index (χ1n) is 6.58. The molecule has 23 heavy (non-hydrogen) atoms. The smallest absolute Gasteiger partial charge is 0.342 e. The number of nitrogens with two attached hydrogens (primary N) is 1. The summed E-state index contributed by atoms with van der Waals surface area (Å²) in [5.74, 6) is -1.11. The van der Waals surface area contributed by atoms with Gasteiger partial charge in [-0.1, -0.05) is 41.4 Å². The van der Waals surface area contributed by atoms with E-state index in [1.54, 1.807) is 36.4 Å². The van der Waals surface area contributed by atoms with Gasteiger partial charge >= 0.3 is 5.97 Å². The largest absolute Gasteiger partial charge is 0.488 e. The van der Waals surface area contributed by atoms with Crippen LogP contribution in [0.25, 0.3) is 0 Å². The number of ether oxygens (including phenoxy) is 2. The fourth-order valence-electron chi connectivity index (χ4n) is 1.77. The maximum Gasteiger partial charge on any atom is 0.342 e. The molecule has 0 saturated carbocycles. The molecule has 2 aromatic rings. The highest BCUT2D eigenvalue weighted by Gasteiger charge is 2.15. The first kappa shape index (κ1) is 17.1. The van der Waals surface area contributed by atoms with Gasteiger partial charge in [-0.3, -0.25) is 4.79 Å². The highest BCUT2D eigenvalue weighted by atomic mass is 35.5. The summed E-state index contributed by atoms with van der Waals surface area (Å²) in [7, 11) is 0. The average molecular weight is 354 g/mol. The third-order valence-electron chi connectivity index (χ3n) is 2.85. The molecule has 2 rings (SSSR count). The van der Waals surface area contributed by atoms with E-state index >= 15 is 0 Å². The number of rotatable bonds is 6. The van der Waals surface area contributed by atoms with Crippen LogP contribution in [0.2, 0.25) is 10.0 Å². The lowest BCUT2D eigenvalue weighted by Gasteiger charge is -2.11. The second-order valence-corrected chi connectivity index (χ2v) is 5.41. The molecule has 0 spiro atoms. The fraction of sp³-hybridized carbons (Fsp3) is 0.125. The number of amides is 1. The molecule has 1 amide bonds. The van der Waals surface area contributed by atoms with E-state index in [0.717, 1.165) is 5.56 Å². The van der Waals surface area contributed by atoms with Gasteiger partial charge in [-0.25, -0.2) is 4.79 Å². The first-order chi connectivity index (χ1) is 11.0. The van der Waals surface area contributed by atoms with Gasteiger partial charge in [-0.05, 0) is 24.3 Å². The minimum Gasteiger partial charge on any atom is -0.488 e. The summed E-state index contributed by atoms with van der Waals surface area (Å²) in [5.41, 5.74) is 5.86. The van der Waals surface area contributed by atoms with Gasteiger partial charge in [0.05, 0.1) is 0 Å². The standard InChI is InChI=1S/C16H13Cl2NO4/c17-11-6-5-10(13(18)7-11)8-22-14-4-2-1-3-12(14)16(21)23-9-15(19)20/h1-7H,8-9H2,(H2,19,20). The summed E-state index contributed by atoms with van der Waals surface area (Å²) >= 11 is 11.9. The fourth-order valence-corrected chi connectivity index (χ4v) is 2.23. The summed E-state index contributed by atoms with van der Waals surface area (Å²) < 4.78 is 10.4. The van der Waals surface area contributed by atoms with Crippen molar-refractivity contribution in [3.63, 3.8) is 0 Å². The van der Waals surface area contributed by atoms with Crippen LogP contribution in [-0.2, 0) is 16.1 Å². The van der Waals surface area contributed by atoms with Gasteiger partial charge < -0.3 is 15.2 Å². The summed E-state index contributed by atoms with van der Waals surface area (Å²) in [4.78, 5) is 22.6. The van der Waals surface area contributed by atoms with Crippen LogP contribution in [0.15, 0.2) is 42.5 Å². The van der Waals surface area contributed by atoms with Gasteiger partial charge in [0, 0.05) is 15.6 Å². The average Bonchev–Trinajstić information content (AvgIpc) is 2.52. The van der Waals surface area contributed by atoms with E-state index in [4.69, 9.17) is 38.4 Å². The molecule has 7 heteroatoms. The molecule has 5 nitrogen and oxygen atoms in total. The maximum atomic E-state index is 11.9. The highest BCUT2D eigenvalue weighted by molar-refractivity contribution is 6.35.